The summed E-state index contributed by atoms with van der Waals surface area (Å²) in [6.07, 6.45) is 4.70. The summed E-state index contributed by atoms with van der Waals surface area (Å²) in [5, 5.41) is 17.9. The summed E-state index contributed by atoms with van der Waals surface area (Å²) < 4.78 is 5.30. The molecular weight excluding hydrogens is 735 g/mol. The van der Waals surface area contributed by atoms with Crippen LogP contribution >= 0.6 is 0 Å². The van der Waals surface area contributed by atoms with Gasteiger partial charge in [-0.1, -0.05) is 50.2 Å². The van der Waals surface area contributed by atoms with Crippen molar-refractivity contribution in [3.8, 4) is 22.4 Å². The number of carbonyl (C=O) groups is 3. The van der Waals surface area contributed by atoms with E-state index in [2.05, 4.69) is 82.2 Å². The topological polar surface area (TPSA) is 178 Å². The van der Waals surface area contributed by atoms with Crippen LogP contribution in [-0.2, 0) is 16.6 Å². The van der Waals surface area contributed by atoms with E-state index in [9.17, 15) is 14.4 Å². The number of imide groups is 1. The third-order valence-corrected chi connectivity index (χ3v) is 10.8. The van der Waals surface area contributed by atoms with E-state index < -0.39 is 6.03 Å². The van der Waals surface area contributed by atoms with Crippen molar-refractivity contribution in [2.45, 2.75) is 58.9 Å². The number of hydrogen-bond acceptors (Lipinski definition) is 11. The number of benzene rings is 2. The van der Waals surface area contributed by atoms with E-state index in [1.54, 1.807) is 11.1 Å². The predicted octanol–water partition coefficient (Wildman–Crippen LogP) is 5.98. The molecule has 0 radical (unpaired) electrons. The molecule has 0 aliphatic carbocycles. The maximum atomic E-state index is 12.9. The Bertz CT molecular complexity index is 2460. The maximum absolute atomic E-state index is 12.9. The van der Waals surface area contributed by atoms with E-state index in [0.717, 1.165) is 83.7 Å². The fraction of sp³-hybridized carbons (Fsp3) is 0.349. The summed E-state index contributed by atoms with van der Waals surface area (Å²) in [7, 11) is 0. The van der Waals surface area contributed by atoms with E-state index in [1.165, 1.54) is 5.69 Å². The second-order valence-corrected chi connectivity index (χ2v) is 16.0. The molecule has 2 saturated heterocycles. The van der Waals surface area contributed by atoms with Gasteiger partial charge in [-0.2, -0.15) is 10.1 Å². The fourth-order valence-corrected chi connectivity index (χ4v) is 7.45. The van der Waals surface area contributed by atoms with Gasteiger partial charge in [-0.25, -0.2) is 9.78 Å². The monoisotopic (exact) mass is 781 g/mol. The number of amides is 4. The molecule has 8 rings (SSSR count). The molecule has 2 aliphatic rings. The lowest BCUT2D eigenvalue weighted by atomic mass is 9.97. The number of aromatic nitrogens is 6. The number of piperazine rings is 1. The van der Waals surface area contributed by atoms with Crippen LogP contribution in [0.5, 0.6) is 0 Å². The Hall–Kier alpha value is -6.48. The van der Waals surface area contributed by atoms with Crippen LogP contribution in [0, 0.1) is 6.92 Å². The molecule has 0 bridgehead atoms. The van der Waals surface area contributed by atoms with Gasteiger partial charge in [0.15, 0.2) is 5.65 Å². The minimum absolute atomic E-state index is 0.0182. The number of rotatable bonds is 10. The highest BCUT2D eigenvalue weighted by atomic mass is 16.5. The van der Waals surface area contributed by atoms with Gasteiger partial charge in [0.05, 0.1) is 17.9 Å². The highest BCUT2D eigenvalue weighted by Crippen LogP contribution is 2.32. The number of hydrogen-bond donors (Lipinski definition) is 3. The minimum Gasteiger partial charge on any atom is -0.369 e. The first-order valence-corrected chi connectivity index (χ1v) is 19.6. The summed E-state index contributed by atoms with van der Waals surface area (Å²) in [5.74, 6) is -0.201. The first-order valence-electron chi connectivity index (χ1n) is 19.6. The molecule has 1 atom stereocenters. The zero-order valence-electron chi connectivity index (χ0n) is 33.4. The van der Waals surface area contributed by atoms with Gasteiger partial charge >= 0.3 is 6.03 Å². The molecule has 15 nitrogen and oxygen atoms in total. The highest BCUT2D eigenvalue weighted by Gasteiger charge is 2.26. The molecule has 3 N–H and O–H groups in total. The molecule has 6 heterocycles. The van der Waals surface area contributed by atoms with Crippen molar-refractivity contribution in [2.75, 3.05) is 49.1 Å². The third-order valence-electron chi connectivity index (χ3n) is 10.8. The van der Waals surface area contributed by atoms with Gasteiger partial charge < -0.3 is 14.7 Å². The maximum Gasteiger partial charge on any atom is 0.328 e. The van der Waals surface area contributed by atoms with Gasteiger partial charge in [-0.05, 0) is 66.9 Å². The van der Waals surface area contributed by atoms with Crippen molar-refractivity contribution < 1.29 is 18.9 Å². The van der Waals surface area contributed by atoms with Crippen molar-refractivity contribution in [3.05, 3.63) is 102 Å². The number of urea groups is 1. The second kappa shape index (κ2) is 15.8. The zero-order chi connectivity index (χ0) is 40.6. The van der Waals surface area contributed by atoms with Gasteiger partial charge in [0, 0.05) is 91.6 Å². The van der Waals surface area contributed by atoms with E-state index in [0.29, 0.717) is 23.8 Å². The summed E-state index contributed by atoms with van der Waals surface area (Å²) in [4.78, 5) is 56.5. The Balaban J connectivity index is 0.865. The zero-order valence-corrected chi connectivity index (χ0v) is 33.4. The van der Waals surface area contributed by atoms with Gasteiger partial charge in [0.25, 0.3) is 11.7 Å². The van der Waals surface area contributed by atoms with E-state index in [4.69, 9.17) is 9.51 Å². The summed E-state index contributed by atoms with van der Waals surface area (Å²) in [6, 6.07) is 20.1. The van der Waals surface area contributed by atoms with Crippen LogP contribution in [-0.4, -0.2) is 92.3 Å². The Morgan fingerprint density at radius 1 is 0.897 bits per heavy atom. The molecule has 6 aromatic rings. The number of nitrogens with one attached hydrogen (secondary N) is 3. The standard InChI is InChI=1S/C43H47N11O4/c1-26-22-29(8-13-34(26)27(2)46-40(56)39-48-41(58-51-39)43(3,4)5)37-35-23-30(24-45-38(35)50-49-37)28-6-10-32(11-7-28)53-20-18-52(19-21-53)16-14-31-9-12-33(25-44-31)54-17-15-36(55)47-42(54)57/h6-13,22-25,27H,14-21H2,1-5H3,(H,46,56)(H,45,49,50)(H,47,55,57)/t27-/m1/s1. The molecule has 2 aromatic carbocycles. The van der Waals surface area contributed by atoms with E-state index >= 15 is 0 Å². The number of anilines is 2. The molecule has 4 amide bonds. The number of H-pyrrole nitrogens is 1. The first-order chi connectivity index (χ1) is 27.9. The Morgan fingerprint density at radius 2 is 1.66 bits per heavy atom. The SMILES string of the molecule is Cc1cc(-c2n[nH]c3ncc(-c4ccc(N5CCN(CCc6ccc(N7CCC(=O)NC7=O)cn6)CC5)cc4)cc23)ccc1[C@@H](C)NC(=O)c1noc(C(C)(C)C)n1. The molecular formula is C43H47N11O4. The second-order valence-electron chi connectivity index (χ2n) is 16.0. The van der Waals surface area contributed by atoms with Gasteiger partial charge in [-0.15, -0.1) is 0 Å². The van der Waals surface area contributed by atoms with E-state index in [1.807, 2.05) is 65.1 Å². The Labute approximate surface area is 336 Å². The first kappa shape index (κ1) is 38.4. The van der Waals surface area contributed by atoms with Crippen molar-refractivity contribution in [3.63, 3.8) is 0 Å². The summed E-state index contributed by atoms with van der Waals surface area (Å²) >= 11 is 0. The molecule has 0 unspecified atom stereocenters. The van der Waals surface area contributed by atoms with Crippen molar-refractivity contribution in [1.29, 1.82) is 0 Å². The molecule has 58 heavy (non-hydrogen) atoms. The molecule has 0 saturated carbocycles. The summed E-state index contributed by atoms with van der Waals surface area (Å²) in [6.45, 7) is 14.9. The minimum atomic E-state index is -0.399. The van der Waals surface area contributed by atoms with Crippen LogP contribution in [0.1, 0.15) is 73.5 Å². The van der Waals surface area contributed by atoms with E-state index in [-0.39, 0.29) is 35.5 Å². The van der Waals surface area contributed by atoms with Crippen LogP contribution in [0.3, 0.4) is 0 Å². The molecule has 0 spiro atoms. The number of nitrogens with zero attached hydrogens (tertiary/aromatic N) is 8. The number of aryl methyl sites for hydroxylation is 1. The lowest BCUT2D eigenvalue weighted by molar-refractivity contribution is -0.120. The van der Waals surface area contributed by atoms with Crippen LogP contribution in [0.25, 0.3) is 33.4 Å². The Morgan fingerprint density at radius 3 is 2.34 bits per heavy atom. The Kier molecular flexibility index (Phi) is 10.5. The molecule has 2 fully saturated rings. The lowest BCUT2D eigenvalue weighted by Crippen LogP contribution is -2.49. The smallest absolute Gasteiger partial charge is 0.328 e. The van der Waals surface area contributed by atoms with Crippen molar-refractivity contribution >= 4 is 40.3 Å². The average Bonchev–Trinajstić information content (AvgIpc) is 3.89. The summed E-state index contributed by atoms with van der Waals surface area (Å²) in [5.41, 5.74) is 9.05. The van der Waals surface area contributed by atoms with Crippen molar-refractivity contribution in [1.82, 2.24) is 45.8 Å². The molecule has 4 aromatic heterocycles. The normalized spacial score (nSPS) is 15.8. The van der Waals surface area contributed by atoms with Crippen LogP contribution < -0.4 is 20.4 Å². The van der Waals surface area contributed by atoms with Crippen molar-refractivity contribution in [2.24, 2.45) is 0 Å². The predicted molar refractivity (Wildman–Crippen MR) is 220 cm³/mol. The fourth-order valence-electron chi connectivity index (χ4n) is 7.45. The highest BCUT2D eigenvalue weighted by molar-refractivity contribution is 6.05. The van der Waals surface area contributed by atoms with Gasteiger partial charge in [0.2, 0.25) is 11.8 Å². The van der Waals surface area contributed by atoms with Gasteiger partial charge in [-0.3, -0.25) is 34.8 Å². The lowest BCUT2D eigenvalue weighted by Gasteiger charge is -2.36. The number of aromatic amines is 1. The quantitative estimate of drug-likeness (QED) is 0.149. The van der Waals surface area contributed by atoms with Crippen LogP contribution in [0.2, 0.25) is 0 Å². The largest absolute Gasteiger partial charge is 0.369 e. The molecule has 298 valence electrons. The van der Waals surface area contributed by atoms with Gasteiger partial charge in [0.1, 0.15) is 5.69 Å². The average molecular weight is 782 g/mol. The molecule has 2 aliphatic heterocycles. The number of fused-ring (bicyclic) bond motifs is 1. The van der Waals surface area contributed by atoms with Crippen LogP contribution in [0.15, 0.2) is 77.6 Å². The number of pyridine rings is 2. The number of carbonyl (C=O) groups excluding carboxylic acids is 3. The molecule has 15 heteroatoms. The van der Waals surface area contributed by atoms with Crippen LogP contribution in [0.4, 0.5) is 16.2 Å². The third kappa shape index (κ3) is 8.16.